The molecule has 1 saturated heterocycles. The third-order valence-electron chi connectivity index (χ3n) is 3.83. The molecule has 0 radical (unpaired) electrons. The van der Waals surface area contributed by atoms with Gasteiger partial charge in [-0.05, 0) is 43.0 Å². The summed E-state index contributed by atoms with van der Waals surface area (Å²) < 4.78 is 29.3. The Morgan fingerprint density at radius 1 is 1.18 bits per heavy atom. The standard InChI is InChI=1S/C16H19NO3S2/c18-22(19,20-14-6-2-1-3-7-14)13-11-17-10-4-8-15(17)16-9-5-12-21-16/h1-3,5-7,9,12,15H,4,8,10-11,13H2/t15-/m0/s1. The minimum absolute atomic E-state index is 0.0176. The van der Waals surface area contributed by atoms with Crippen molar-refractivity contribution in [3.8, 4) is 5.75 Å². The maximum absolute atomic E-state index is 12.1. The molecule has 1 aliphatic rings. The zero-order chi connectivity index (χ0) is 15.4. The Morgan fingerprint density at radius 2 is 2.00 bits per heavy atom. The maximum Gasteiger partial charge on any atom is 0.310 e. The lowest BCUT2D eigenvalue weighted by molar-refractivity contribution is 0.274. The molecule has 2 heterocycles. The Bertz CT molecular complexity index is 683. The highest BCUT2D eigenvalue weighted by Crippen LogP contribution is 2.34. The maximum atomic E-state index is 12.1. The molecule has 0 saturated carbocycles. The van der Waals surface area contributed by atoms with Crippen molar-refractivity contribution in [2.24, 2.45) is 0 Å². The second-order valence-electron chi connectivity index (χ2n) is 5.37. The molecule has 1 atom stereocenters. The van der Waals surface area contributed by atoms with Gasteiger partial charge in [-0.1, -0.05) is 24.3 Å². The number of para-hydroxylation sites is 1. The van der Waals surface area contributed by atoms with Crippen LogP contribution in [-0.4, -0.2) is 32.2 Å². The Balaban J connectivity index is 1.59. The first kappa shape index (κ1) is 15.5. The summed E-state index contributed by atoms with van der Waals surface area (Å²) in [5.41, 5.74) is 0. The van der Waals surface area contributed by atoms with Gasteiger partial charge >= 0.3 is 10.1 Å². The SMILES string of the molecule is O=S(=O)(CCN1CCC[C@H]1c1cccs1)Oc1ccccc1. The van der Waals surface area contributed by atoms with Gasteiger partial charge in [0.2, 0.25) is 0 Å². The van der Waals surface area contributed by atoms with Gasteiger partial charge in [-0.25, -0.2) is 0 Å². The number of likely N-dealkylation sites (tertiary alicyclic amines) is 1. The molecule has 0 bridgehead atoms. The molecule has 0 N–H and O–H groups in total. The zero-order valence-electron chi connectivity index (χ0n) is 12.2. The quantitative estimate of drug-likeness (QED) is 0.759. The summed E-state index contributed by atoms with van der Waals surface area (Å²) in [6.07, 6.45) is 2.21. The molecule has 0 aliphatic carbocycles. The van der Waals surface area contributed by atoms with E-state index in [-0.39, 0.29) is 5.75 Å². The highest BCUT2D eigenvalue weighted by Gasteiger charge is 2.28. The van der Waals surface area contributed by atoms with Crippen LogP contribution in [0, 0.1) is 0 Å². The van der Waals surface area contributed by atoms with E-state index < -0.39 is 10.1 Å². The van der Waals surface area contributed by atoms with Gasteiger partial charge in [0.1, 0.15) is 5.75 Å². The summed E-state index contributed by atoms with van der Waals surface area (Å²) >= 11 is 1.74. The van der Waals surface area contributed by atoms with E-state index in [1.165, 1.54) is 4.88 Å². The van der Waals surface area contributed by atoms with E-state index >= 15 is 0 Å². The molecule has 4 nitrogen and oxygen atoms in total. The predicted molar refractivity (Wildman–Crippen MR) is 88.7 cm³/mol. The smallest absolute Gasteiger partial charge is 0.310 e. The third kappa shape index (κ3) is 3.88. The molecule has 1 aliphatic heterocycles. The van der Waals surface area contributed by atoms with E-state index in [2.05, 4.69) is 16.3 Å². The van der Waals surface area contributed by atoms with Gasteiger partial charge in [-0.15, -0.1) is 11.3 Å². The summed E-state index contributed by atoms with van der Waals surface area (Å²) in [7, 11) is -3.55. The van der Waals surface area contributed by atoms with Crippen LogP contribution in [0.25, 0.3) is 0 Å². The monoisotopic (exact) mass is 337 g/mol. The van der Waals surface area contributed by atoms with Gasteiger partial charge < -0.3 is 4.18 Å². The Kier molecular flexibility index (Phi) is 4.81. The van der Waals surface area contributed by atoms with Gasteiger partial charge in [0.05, 0.1) is 5.75 Å². The lowest BCUT2D eigenvalue weighted by atomic mass is 10.2. The highest BCUT2D eigenvalue weighted by atomic mass is 32.2. The number of hydrogen-bond donors (Lipinski definition) is 0. The normalized spacial score (nSPS) is 19.4. The van der Waals surface area contributed by atoms with Crippen LogP contribution in [0.1, 0.15) is 23.8 Å². The predicted octanol–water partition coefficient (Wildman–Crippen LogP) is 3.29. The van der Waals surface area contributed by atoms with Gasteiger partial charge in [0.15, 0.2) is 0 Å². The molecule has 0 unspecified atom stereocenters. The Hall–Kier alpha value is -1.37. The van der Waals surface area contributed by atoms with Crippen LogP contribution in [0.4, 0.5) is 0 Å². The average Bonchev–Trinajstić information content (AvgIpc) is 3.17. The molecular weight excluding hydrogens is 318 g/mol. The van der Waals surface area contributed by atoms with Crippen molar-refractivity contribution < 1.29 is 12.6 Å². The Morgan fingerprint density at radius 3 is 2.73 bits per heavy atom. The van der Waals surface area contributed by atoms with Crippen LogP contribution >= 0.6 is 11.3 Å². The van der Waals surface area contributed by atoms with Crippen LogP contribution in [0.15, 0.2) is 47.8 Å². The highest BCUT2D eigenvalue weighted by molar-refractivity contribution is 7.87. The summed E-state index contributed by atoms with van der Waals surface area (Å²) in [6, 6.07) is 13.2. The molecule has 0 spiro atoms. The summed E-state index contributed by atoms with van der Waals surface area (Å²) in [6.45, 7) is 1.46. The number of benzene rings is 1. The molecule has 1 aromatic heterocycles. The van der Waals surface area contributed by atoms with E-state index in [1.54, 1.807) is 35.6 Å². The van der Waals surface area contributed by atoms with Crippen molar-refractivity contribution in [2.75, 3.05) is 18.8 Å². The van der Waals surface area contributed by atoms with Crippen molar-refractivity contribution >= 4 is 21.5 Å². The fourth-order valence-electron chi connectivity index (χ4n) is 2.79. The topological polar surface area (TPSA) is 46.6 Å². The minimum Gasteiger partial charge on any atom is -0.382 e. The first-order chi connectivity index (χ1) is 10.6. The first-order valence-electron chi connectivity index (χ1n) is 7.39. The van der Waals surface area contributed by atoms with Crippen LogP contribution in [0.5, 0.6) is 5.75 Å². The van der Waals surface area contributed by atoms with Crippen molar-refractivity contribution in [1.82, 2.24) is 4.90 Å². The van der Waals surface area contributed by atoms with Gasteiger partial charge in [0.25, 0.3) is 0 Å². The largest absolute Gasteiger partial charge is 0.382 e. The van der Waals surface area contributed by atoms with Crippen molar-refractivity contribution in [1.29, 1.82) is 0 Å². The number of nitrogens with zero attached hydrogens (tertiary/aromatic N) is 1. The number of rotatable bonds is 6. The van der Waals surface area contributed by atoms with Gasteiger partial charge in [0, 0.05) is 17.5 Å². The summed E-state index contributed by atoms with van der Waals surface area (Å²) in [5.74, 6) is 0.391. The molecule has 0 amide bonds. The molecule has 6 heteroatoms. The molecule has 1 aromatic carbocycles. The lowest BCUT2D eigenvalue weighted by Gasteiger charge is -2.23. The number of hydrogen-bond acceptors (Lipinski definition) is 5. The lowest BCUT2D eigenvalue weighted by Crippen LogP contribution is -2.30. The Labute approximate surface area is 135 Å². The first-order valence-corrected chi connectivity index (χ1v) is 9.84. The average molecular weight is 337 g/mol. The second kappa shape index (κ2) is 6.81. The van der Waals surface area contributed by atoms with Crippen molar-refractivity contribution in [3.05, 3.63) is 52.7 Å². The van der Waals surface area contributed by atoms with E-state index in [0.717, 1.165) is 19.4 Å². The third-order valence-corrected chi connectivity index (χ3v) is 5.93. The molecule has 1 fully saturated rings. The summed E-state index contributed by atoms with van der Waals surface area (Å²) in [5, 5.41) is 2.07. The van der Waals surface area contributed by atoms with E-state index in [0.29, 0.717) is 18.3 Å². The van der Waals surface area contributed by atoms with E-state index in [9.17, 15) is 8.42 Å². The zero-order valence-corrected chi connectivity index (χ0v) is 13.9. The molecule has 3 rings (SSSR count). The van der Waals surface area contributed by atoms with E-state index in [4.69, 9.17) is 4.18 Å². The molecule has 22 heavy (non-hydrogen) atoms. The molecule has 2 aromatic rings. The molecular formula is C16H19NO3S2. The van der Waals surface area contributed by atoms with E-state index in [1.807, 2.05) is 12.1 Å². The van der Waals surface area contributed by atoms with Gasteiger partial charge in [-0.2, -0.15) is 8.42 Å². The minimum atomic E-state index is -3.55. The van der Waals surface area contributed by atoms with Crippen LogP contribution < -0.4 is 4.18 Å². The van der Waals surface area contributed by atoms with Crippen LogP contribution in [0.3, 0.4) is 0 Å². The fourth-order valence-corrected chi connectivity index (χ4v) is 4.63. The van der Waals surface area contributed by atoms with Crippen LogP contribution in [0.2, 0.25) is 0 Å². The van der Waals surface area contributed by atoms with Crippen molar-refractivity contribution in [2.45, 2.75) is 18.9 Å². The van der Waals surface area contributed by atoms with Crippen molar-refractivity contribution in [3.63, 3.8) is 0 Å². The van der Waals surface area contributed by atoms with Gasteiger partial charge in [-0.3, -0.25) is 4.90 Å². The second-order valence-corrected chi connectivity index (χ2v) is 8.04. The number of thiophene rings is 1. The summed E-state index contributed by atoms with van der Waals surface area (Å²) in [4.78, 5) is 3.57. The molecule has 118 valence electrons. The fraction of sp³-hybridized carbons (Fsp3) is 0.375. The van der Waals surface area contributed by atoms with Crippen LogP contribution in [-0.2, 0) is 10.1 Å².